The summed E-state index contributed by atoms with van der Waals surface area (Å²) in [6.07, 6.45) is 11.1. The van der Waals surface area contributed by atoms with Crippen molar-refractivity contribution in [2.75, 3.05) is 6.54 Å². The first-order valence-corrected chi connectivity index (χ1v) is 7.70. The molecule has 1 amide bonds. The number of Topliss-reactive ketones (excluding diaryl/α,β-unsaturated/α-hetero) is 1. The monoisotopic (exact) mass is 278 g/mol. The van der Waals surface area contributed by atoms with E-state index in [0.29, 0.717) is 38.0 Å². The molecule has 0 aromatic heterocycles. The summed E-state index contributed by atoms with van der Waals surface area (Å²) in [6, 6.07) is 0. The molecule has 1 aliphatic heterocycles. The van der Waals surface area contributed by atoms with Crippen LogP contribution >= 0.6 is 0 Å². The lowest BCUT2D eigenvalue weighted by atomic mass is 10.1. The Kier molecular flexibility index (Phi) is 8.59. The maximum atomic E-state index is 11.6. The molecule has 0 saturated heterocycles. The third-order valence-electron chi connectivity index (χ3n) is 3.40. The second-order valence-electron chi connectivity index (χ2n) is 5.27. The average Bonchev–Trinajstić information content (AvgIpc) is 2.92. The van der Waals surface area contributed by atoms with Crippen LogP contribution < -0.4 is 5.32 Å². The van der Waals surface area contributed by atoms with Crippen LogP contribution in [0.3, 0.4) is 0 Å². The number of hydrogen-bond acceptors (Lipinski definition) is 3. The van der Waals surface area contributed by atoms with Crippen molar-refractivity contribution in [3.05, 3.63) is 11.8 Å². The van der Waals surface area contributed by atoms with Gasteiger partial charge in [-0.2, -0.15) is 0 Å². The molecule has 0 atom stereocenters. The van der Waals surface area contributed by atoms with E-state index in [1.54, 1.807) is 0 Å². The zero-order valence-corrected chi connectivity index (χ0v) is 12.5. The molecule has 1 aliphatic rings. The largest absolute Gasteiger partial charge is 0.356 e. The van der Waals surface area contributed by atoms with E-state index < -0.39 is 0 Å². The summed E-state index contributed by atoms with van der Waals surface area (Å²) in [7, 11) is 0. The molecular formula is C16H26N2O2. The molecule has 1 rings (SSSR count). The van der Waals surface area contributed by atoms with Gasteiger partial charge in [0.1, 0.15) is 5.78 Å². The molecule has 0 radical (unpaired) electrons. The highest BCUT2D eigenvalue weighted by molar-refractivity contribution is 5.80. The Labute approximate surface area is 121 Å². The van der Waals surface area contributed by atoms with E-state index in [0.717, 1.165) is 32.1 Å². The van der Waals surface area contributed by atoms with E-state index in [1.807, 2.05) is 12.4 Å². The molecule has 0 fully saturated rings. The fraction of sp³-hybridized carbons (Fsp3) is 0.688. The number of aliphatic imine (C=N–C) groups is 1. The number of ketones is 1. The van der Waals surface area contributed by atoms with Gasteiger partial charge in [0.15, 0.2) is 0 Å². The molecule has 4 nitrogen and oxygen atoms in total. The van der Waals surface area contributed by atoms with Gasteiger partial charge in [0.2, 0.25) is 5.91 Å². The lowest BCUT2D eigenvalue weighted by molar-refractivity contribution is -0.121. The molecule has 4 heteroatoms. The second kappa shape index (κ2) is 10.4. The van der Waals surface area contributed by atoms with Crippen molar-refractivity contribution in [2.24, 2.45) is 4.99 Å². The van der Waals surface area contributed by atoms with Gasteiger partial charge in [0, 0.05) is 44.6 Å². The summed E-state index contributed by atoms with van der Waals surface area (Å²) in [6.45, 7) is 2.79. The van der Waals surface area contributed by atoms with Crippen LogP contribution in [-0.2, 0) is 9.59 Å². The molecule has 0 spiro atoms. The zero-order valence-electron chi connectivity index (χ0n) is 12.5. The number of rotatable bonds is 11. The molecular weight excluding hydrogens is 252 g/mol. The first-order chi connectivity index (χ1) is 9.72. The zero-order chi connectivity index (χ0) is 14.6. The Morgan fingerprint density at radius 3 is 2.70 bits per heavy atom. The summed E-state index contributed by atoms with van der Waals surface area (Å²) in [5.41, 5.74) is 1.26. The van der Waals surface area contributed by atoms with Crippen LogP contribution in [0.1, 0.15) is 64.7 Å². The lowest BCUT2D eigenvalue weighted by Gasteiger charge is -2.05. The molecule has 112 valence electrons. The van der Waals surface area contributed by atoms with Gasteiger partial charge in [-0.15, -0.1) is 0 Å². The molecule has 0 saturated carbocycles. The first-order valence-electron chi connectivity index (χ1n) is 7.70. The standard InChI is InChI=1S/C16H26N2O2/c1-2-3-4-6-15(19)7-5-8-16(20)18-12-10-14-9-11-17-13-14/h11,13H,2-10,12H2,1H3,(H,18,20). The Balaban J connectivity index is 1.95. The van der Waals surface area contributed by atoms with E-state index in [1.165, 1.54) is 5.57 Å². The van der Waals surface area contributed by atoms with Gasteiger partial charge in [-0.25, -0.2) is 0 Å². The normalized spacial score (nSPS) is 13.3. The minimum Gasteiger partial charge on any atom is -0.356 e. The van der Waals surface area contributed by atoms with Crippen LogP contribution in [0.5, 0.6) is 0 Å². The minimum absolute atomic E-state index is 0.0471. The number of carbonyl (C=O) groups excluding carboxylic acids is 2. The number of nitrogens with one attached hydrogen (secondary N) is 1. The highest BCUT2D eigenvalue weighted by Gasteiger charge is 2.06. The predicted molar refractivity (Wildman–Crippen MR) is 81.8 cm³/mol. The molecule has 1 heterocycles. The van der Waals surface area contributed by atoms with Crippen LogP contribution in [0.15, 0.2) is 16.8 Å². The fourth-order valence-corrected chi connectivity index (χ4v) is 2.14. The molecule has 0 unspecified atom stereocenters. The third kappa shape index (κ3) is 7.87. The highest BCUT2D eigenvalue weighted by Crippen LogP contribution is 2.09. The third-order valence-corrected chi connectivity index (χ3v) is 3.40. The van der Waals surface area contributed by atoms with Gasteiger partial charge in [-0.1, -0.05) is 19.8 Å². The molecule has 0 aliphatic carbocycles. The smallest absolute Gasteiger partial charge is 0.220 e. The van der Waals surface area contributed by atoms with Gasteiger partial charge < -0.3 is 5.32 Å². The van der Waals surface area contributed by atoms with Gasteiger partial charge in [0.05, 0.1) is 0 Å². The van der Waals surface area contributed by atoms with Crippen molar-refractivity contribution in [3.63, 3.8) is 0 Å². The van der Waals surface area contributed by atoms with Crippen molar-refractivity contribution < 1.29 is 9.59 Å². The van der Waals surface area contributed by atoms with E-state index in [4.69, 9.17) is 0 Å². The Hall–Kier alpha value is -1.45. The number of carbonyl (C=O) groups is 2. The topological polar surface area (TPSA) is 58.5 Å². The first kappa shape index (κ1) is 16.6. The minimum atomic E-state index is 0.0471. The summed E-state index contributed by atoms with van der Waals surface area (Å²) < 4.78 is 0. The van der Waals surface area contributed by atoms with Crippen molar-refractivity contribution in [2.45, 2.75) is 64.7 Å². The lowest BCUT2D eigenvalue weighted by Crippen LogP contribution is -2.24. The van der Waals surface area contributed by atoms with Crippen molar-refractivity contribution in [3.8, 4) is 0 Å². The number of hydrogen-bond donors (Lipinski definition) is 1. The Morgan fingerprint density at radius 1 is 1.20 bits per heavy atom. The van der Waals surface area contributed by atoms with Gasteiger partial charge in [-0.05, 0) is 24.8 Å². The maximum absolute atomic E-state index is 11.6. The van der Waals surface area contributed by atoms with Crippen LogP contribution in [-0.4, -0.2) is 24.4 Å². The van der Waals surface area contributed by atoms with Crippen LogP contribution in [0.2, 0.25) is 0 Å². The molecule has 1 N–H and O–H groups in total. The quantitative estimate of drug-likeness (QED) is 0.590. The van der Waals surface area contributed by atoms with Crippen molar-refractivity contribution in [1.82, 2.24) is 5.32 Å². The fourth-order valence-electron chi connectivity index (χ4n) is 2.14. The second-order valence-corrected chi connectivity index (χ2v) is 5.27. The number of amides is 1. The summed E-state index contributed by atoms with van der Waals surface area (Å²) >= 11 is 0. The van der Waals surface area contributed by atoms with Gasteiger partial charge in [-0.3, -0.25) is 14.6 Å². The Bertz CT molecular complexity index is 373. The van der Waals surface area contributed by atoms with Crippen LogP contribution in [0.4, 0.5) is 0 Å². The molecule has 20 heavy (non-hydrogen) atoms. The Morgan fingerprint density at radius 2 is 2.00 bits per heavy atom. The molecule has 0 bridgehead atoms. The van der Waals surface area contributed by atoms with Crippen LogP contribution in [0, 0.1) is 0 Å². The maximum Gasteiger partial charge on any atom is 0.220 e. The molecule has 0 aromatic carbocycles. The van der Waals surface area contributed by atoms with E-state index in [9.17, 15) is 9.59 Å². The summed E-state index contributed by atoms with van der Waals surface area (Å²) in [5, 5.41) is 2.89. The van der Waals surface area contributed by atoms with Gasteiger partial charge in [0.25, 0.3) is 0 Å². The SMILES string of the molecule is CCCCCC(=O)CCCC(=O)NCCC1=CN=CC1. The predicted octanol–water partition coefficient (Wildman–Crippen LogP) is 3.17. The molecule has 0 aromatic rings. The summed E-state index contributed by atoms with van der Waals surface area (Å²) in [4.78, 5) is 27.1. The van der Waals surface area contributed by atoms with E-state index in [2.05, 4.69) is 17.2 Å². The van der Waals surface area contributed by atoms with Crippen molar-refractivity contribution in [1.29, 1.82) is 0 Å². The van der Waals surface area contributed by atoms with E-state index >= 15 is 0 Å². The van der Waals surface area contributed by atoms with Crippen molar-refractivity contribution >= 4 is 17.9 Å². The number of unbranched alkanes of at least 4 members (excludes halogenated alkanes) is 2. The highest BCUT2D eigenvalue weighted by atomic mass is 16.1. The van der Waals surface area contributed by atoms with Gasteiger partial charge >= 0.3 is 0 Å². The number of nitrogens with zero attached hydrogens (tertiary/aromatic N) is 1. The van der Waals surface area contributed by atoms with E-state index in [-0.39, 0.29) is 5.91 Å². The average molecular weight is 278 g/mol. The van der Waals surface area contributed by atoms with Crippen LogP contribution in [0.25, 0.3) is 0 Å². The summed E-state index contributed by atoms with van der Waals surface area (Å²) in [5.74, 6) is 0.338.